The summed E-state index contributed by atoms with van der Waals surface area (Å²) in [4.78, 5) is 13.8. The molecule has 0 unspecified atom stereocenters. The van der Waals surface area contributed by atoms with Crippen molar-refractivity contribution in [3.63, 3.8) is 0 Å². The molecule has 0 spiro atoms. The summed E-state index contributed by atoms with van der Waals surface area (Å²) in [7, 11) is 0. The molecule has 4 rings (SSSR count). The molecule has 1 aliphatic heterocycles. The Morgan fingerprint density at radius 1 is 0.968 bits per heavy atom. The van der Waals surface area contributed by atoms with Crippen molar-refractivity contribution >= 4 is 46.1 Å². The van der Waals surface area contributed by atoms with Crippen LogP contribution in [0.1, 0.15) is 19.8 Å². The first kappa shape index (κ1) is 21.3. The van der Waals surface area contributed by atoms with E-state index >= 15 is 0 Å². The van der Waals surface area contributed by atoms with E-state index in [0.29, 0.717) is 22.4 Å². The van der Waals surface area contributed by atoms with Gasteiger partial charge in [0.05, 0.1) is 10.5 Å². The van der Waals surface area contributed by atoms with Gasteiger partial charge in [0.2, 0.25) is 0 Å². The number of rotatable bonds is 6. The Labute approximate surface area is 191 Å². The predicted molar refractivity (Wildman–Crippen MR) is 131 cm³/mol. The third-order valence-corrected chi connectivity index (χ3v) is 5.56. The average molecular weight is 452 g/mol. The minimum absolute atomic E-state index is 0.525. The summed E-state index contributed by atoms with van der Waals surface area (Å²) in [6.07, 6.45) is 7.77. The first-order valence-electron chi connectivity index (χ1n) is 10.2. The molecule has 2 heterocycles. The number of nitrogens with zero attached hydrogens (tertiary/aromatic N) is 3. The lowest BCUT2D eigenvalue weighted by Gasteiger charge is -2.14. The van der Waals surface area contributed by atoms with E-state index in [0.717, 1.165) is 47.4 Å². The first-order chi connectivity index (χ1) is 15.1. The molecule has 0 saturated carbocycles. The van der Waals surface area contributed by atoms with Crippen LogP contribution in [0.2, 0.25) is 10.0 Å². The fourth-order valence-electron chi connectivity index (χ4n) is 3.32. The number of halogens is 2. The normalized spacial score (nSPS) is 18.3. The van der Waals surface area contributed by atoms with Crippen LogP contribution in [0.5, 0.6) is 0 Å². The monoisotopic (exact) mass is 451 g/mol. The summed E-state index contributed by atoms with van der Waals surface area (Å²) in [6.45, 7) is 3.57. The third-order valence-electron chi connectivity index (χ3n) is 5.01. The number of hydrogen-bond donors (Lipinski definition) is 2. The maximum Gasteiger partial charge on any atom is 0.163 e. The Hall–Kier alpha value is -2.89. The number of allylic oxidation sites excluding steroid dienone is 3. The van der Waals surface area contributed by atoms with Crippen LogP contribution in [0.4, 0.5) is 5.82 Å². The van der Waals surface area contributed by atoms with Crippen LogP contribution in [0.3, 0.4) is 0 Å². The number of para-hydroxylation sites is 1. The third kappa shape index (κ3) is 5.43. The highest BCUT2D eigenvalue weighted by Gasteiger charge is 2.12. The van der Waals surface area contributed by atoms with Gasteiger partial charge in [-0.3, -0.25) is 4.99 Å². The summed E-state index contributed by atoms with van der Waals surface area (Å²) in [6, 6.07) is 13.3. The Balaban J connectivity index is 1.50. The van der Waals surface area contributed by atoms with E-state index in [9.17, 15) is 0 Å². The second-order valence-electron chi connectivity index (χ2n) is 7.36. The Bertz CT molecular complexity index is 1180. The van der Waals surface area contributed by atoms with Gasteiger partial charge in [0.15, 0.2) is 5.82 Å². The molecule has 0 saturated heterocycles. The van der Waals surface area contributed by atoms with E-state index in [1.165, 1.54) is 5.57 Å². The molecule has 2 aromatic carbocycles. The quantitative estimate of drug-likeness (QED) is 0.434. The number of aliphatic imine (C=N–C) groups is 1. The summed E-state index contributed by atoms with van der Waals surface area (Å²) < 4.78 is 0. The summed E-state index contributed by atoms with van der Waals surface area (Å²) in [5.74, 6) is 1.34. The molecular weight excluding hydrogens is 429 g/mol. The van der Waals surface area contributed by atoms with Gasteiger partial charge in [0.1, 0.15) is 5.82 Å². The van der Waals surface area contributed by atoms with Crippen LogP contribution in [0.25, 0.3) is 22.3 Å². The number of hydrogen-bond acceptors (Lipinski definition) is 5. The Morgan fingerprint density at radius 2 is 1.81 bits per heavy atom. The van der Waals surface area contributed by atoms with Crippen molar-refractivity contribution in [2.45, 2.75) is 19.8 Å². The van der Waals surface area contributed by atoms with Crippen molar-refractivity contribution in [3.05, 3.63) is 76.1 Å². The highest BCUT2D eigenvalue weighted by Crippen LogP contribution is 2.31. The maximum absolute atomic E-state index is 6.40. The molecule has 5 nitrogen and oxygen atoms in total. The zero-order valence-electron chi connectivity index (χ0n) is 17.2. The molecule has 0 amide bonds. The van der Waals surface area contributed by atoms with Gasteiger partial charge in [-0.05, 0) is 56.2 Å². The van der Waals surface area contributed by atoms with Gasteiger partial charge in [0, 0.05) is 47.2 Å². The molecule has 7 heteroatoms. The van der Waals surface area contributed by atoms with Gasteiger partial charge in [-0.25, -0.2) is 9.97 Å². The minimum atomic E-state index is 0.525. The van der Waals surface area contributed by atoms with Gasteiger partial charge in [-0.1, -0.05) is 40.9 Å². The van der Waals surface area contributed by atoms with Crippen molar-refractivity contribution in [2.75, 3.05) is 18.4 Å². The van der Waals surface area contributed by atoms with Gasteiger partial charge in [-0.15, -0.1) is 0 Å². The summed E-state index contributed by atoms with van der Waals surface area (Å²) in [5, 5.41) is 8.98. The van der Waals surface area contributed by atoms with Gasteiger partial charge in [-0.2, -0.15) is 0 Å². The van der Waals surface area contributed by atoms with Crippen molar-refractivity contribution < 1.29 is 0 Å². The number of aromatic nitrogens is 2. The predicted octanol–water partition coefficient (Wildman–Crippen LogP) is 6.26. The van der Waals surface area contributed by atoms with E-state index in [1.807, 2.05) is 42.7 Å². The molecule has 3 aromatic rings. The SMILES string of the molecule is C\C1=C/C=N\C=C(\NCCNc2nc(-c3ccc(Cl)cc3Cl)nc3ccccc23)CC1. The van der Waals surface area contributed by atoms with E-state index in [1.54, 1.807) is 12.1 Å². The number of anilines is 1. The molecule has 0 atom stereocenters. The maximum atomic E-state index is 6.40. The number of nitrogens with one attached hydrogen (secondary N) is 2. The second-order valence-corrected chi connectivity index (χ2v) is 8.20. The number of fused-ring (bicyclic) bond motifs is 1. The highest BCUT2D eigenvalue weighted by atomic mass is 35.5. The summed E-state index contributed by atoms with van der Waals surface area (Å²) in [5.41, 5.74) is 4.06. The zero-order valence-corrected chi connectivity index (χ0v) is 18.7. The molecule has 0 radical (unpaired) electrons. The average Bonchev–Trinajstić information content (AvgIpc) is 2.75. The van der Waals surface area contributed by atoms with Crippen LogP contribution in [0.15, 0.2) is 71.0 Å². The minimum Gasteiger partial charge on any atom is -0.385 e. The lowest BCUT2D eigenvalue weighted by molar-refractivity contribution is 0.746. The fraction of sp³-hybridized carbons (Fsp3) is 0.208. The molecule has 0 fully saturated rings. The van der Waals surface area contributed by atoms with Crippen LogP contribution >= 0.6 is 23.2 Å². The molecule has 2 N–H and O–H groups in total. The lowest BCUT2D eigenvalue weighted by Crippen LogP contribution is -2.22. The van der Waals surface area contributed by atoms with Crippen LogP contribution in [-0.2, 0) is 0 Å². The van der Waals surface area contributed by atoms with Crippen molar-refractivity contribution in [1.82, 2.24) is 15.3 Å². The first-order valence-corrected chi connectivity index (χ1v) is 10.9. The molecular formula is C24H23Cl2N5. The fourth-order valence-corrected chi connectivity index (χ4v) is 3.82. The summed E-state index contributed by atoms with van der Waals surface area (Å²) >= 11 is 12.4. The second kappa shape index (κ2) is 9.94. The molecule has 158 valence electrons. The number of benzene rings is 2. The van der Waals surface area contributed by atoms with Crippen molar-refractivity contribution in [2.24, 2.45) is 4.99 Å². The smallest absolute Gasteiger partial charge is 0.163 e. The Morgan fingerprint density at radius 3 is 2.68 bits per heavy atom. The molecule has 0 aliphatic carbocycles. The van der Waals surface area contributed by atoms with Crippen LogP contribution in [-0.4, -0.2) is 29.3 Å². The van der Waals surface area contributed by atoms with E-state index < -0.39 is 0 Å². The van der Waals surface area contributed by atoms with Gasteiger partial charge in [0.25, 0.3) is 0 Å². The molecule has 1 aromatic heterocycles. The zero-order chi connectivity index (χ0) is 21.6. The topological polar surface area (TPSA) is 62.2 Å². The highest BCUT2D eigenvalue weighted by molar-refractivity contribution is 6.36. The Kier molecular flexibility index (Phi) is 6.85. The van der Waals surface area contributed by atoms with Crippen molar-refractivity contribution in [1.29, 1.82) is 0 Å². The van der Waals surface area contributed by atoms with E-state index in [-0.39, 0.29) is 0 Å². The van der Waals surface area contributed by atoms with Crippen LogP contribution in [0, 0.1) is 0 Å². The molecule has 0 bridgehead atoms. The van der Waals surface area contributed by atoms with E-state index in [2.05, 4.69) is 28.6 Å². The molecule has 1 aliphatic rings. The van der Waals surface area contributed by atoms with E-state index in [4.69, 9.17) is 33.2 Å². The van der Waals surface area contributed by atoms with Gasteiger partial charge < -0.3 is 10.6 Å². The largest absolute Gasteiger partial charge is 0.385 e. The van der Waals surface area contributed by atoms with Gasteiger partial charge >= 0.3 is 0 Å². The lowest BCUT2D eigenvalue weighted by atomic mass is 10.1. The van der Waals surface area contributed by atoms with Crippen LogP contribution < -0.4 is 10.6 Å². The molecule has 31 heavy (non-hydrogen) atoms. The standard InChI is InChI=1S/C24H23Cl2N5/c1-16-6-8-18(15-27-11-10-16)28-12-13-29-23-20-4-2-3-5-22(20)30-24(31-23)19-9-7-17(25)14-21(19)26/h2-5,7,9-11,14-15,28H,6,8,12-13H2,1H3,(H,29,30,31)/b16-10+,18-15+,27-11-. The van der Waals surface area contributed by atoms with Crippen molar-refractivity contribution in [3.8, 4) is 11.4 Å².